The van der Waals surface area contributed by atoms with Crippen LogP contribution in [-0.4, -0.2) is 35.5 Å². The maximum atomic E-state index is 13.2. The third-order valence-electron chi connectivity index (χ3n) is 6.33. The number of anilines is 2. The van der Waals surface area contributed by atoms with E-state index >= 15 is 0 Å². The highest BCUT2D eigenvalue weighted by Crippen LogP contribution is 2.35. The Balaban J connectivity index is 1.37. The van der Waals surface area contributed by atoms with Crippen molar-refractivity contribution in [1.82, 2.24) is 4.98 Å². The lowest BCUT2D eigenvalue weighted by molar-refractivity contribution is 0.0694. The van der Waals surface area contributed by atoms with Crippen LogP contribution in [-0.2, 0) is 0 Å². The lowest BCUT2D eigenvalue weighted by Crippen LogP contribution is -2.20. The Morgan fingerprint density at radius 1 is 0.947 bits per heavy atom. The highest BCUT2D eigenvalue weighted by molar-refractivity contribution is 6.30. The summed E-state index contributed by atoms with van der Waals surface area (Å²) >= 11 is 6.07. The molecule has 1 aromatic heterocycles. The first-order valence-electron chi connectivity index (χ1n) is 12.1. The van der Waals surface area contributed by atoms with Crippen molar-refractivity contribution < 1.29 is 24.2 Å². The quantitative estimate of drug-likeness (QED) is 0.221. The van der Waals surface area contributed by atoms with Crippen LogP contribution in [0.3, 0.4) is 0 Å². The number of hydrogen-bond acceptors (Lipinski definition) is 6. The van der Waals surface area contributed by atoms with Crippen LogP contribution in [0, 0.1) is 5.92 Å². The van der Waals surface area contributed by atoms with Crippen LogP contribution in [0.4, 0.5) is 11.4 Å². The lowest BCUT2D eigenvalue weighted by Gasteiger charge is -2.25. The van der Waals surface area contributed by atoms with E-state index in [0.29, 0.717) is 22.4 Å². The molecule has 7 nitrogen and oxygen atoms in total. The second-order valence-electron chi connectivity index (χ2n) is 9.05. The summed E-state index contributed by atoms with van der Waals surface area (Å²) in [6, 6.07) is 22.2. The third-order valence-corrected chi connectivity index (χ3v) is 6.58. The number of aromatic nitrogens is 1. The summed E-state index contributed by atoms with van der Waals surface area (Å²) < 4.78 is 10.9. The van der Waals surface area contributed by atoms with Crippen molar-refractivity contribution in [2.45, 2.75) is 12.8 Å². The van der Waals surface area contributed by atoms with Crippen LogP contribution in [0.5, 0.6) is 17.2 Å². The van der Waals surface area contributed by atoms with E-state index in [9.17, 15) is 14.7 Å². The fourth-order valence-corrected chi connectivity index (χ4v) is 4.19. The molecule has 0 radical (unpaired) electrons. The minimum Gasteiger partial charge on any atom is -0.497 e. The molecular formula is C30H25ClN2O5. The monoisotopic (exact) mass is 528 g/mol. The summed E-state index contributed by atoms with van der Waals surface area (Å²) in [5.74, 6) is 0.266. The molecule has 3 aromatic carbocycles. The highest BCUT2D eigenvalue weighted by atomic mass is 35.5. The molecule has 4 aromatic rings. The van der Waals surface area contributed by atoms with E-state index in [1.807, 2.05) is 30.3 Å². The van der Waals surface area contributed by atoms with E-state index in [-0.39, 0.29) is 28.4 Å². The van der Waals surface area contributed by atoms with Gasteiger partial charge in [-0.15, -0.1) is 0 Å². The molecule has 0 spiro atoms. The molecule has 1 aliphatic rings. The Bertz CT molecular complexity index is 1450. The first-order chi connectivity index (χ1) is 18.4. The van der Waals surface area contributed by atoms with Crippen LogP contribution in [0.15, 0.2) is 85.1 Å². The molecule has 1 heterocycles. The molecule has 192 valence electrons. The van der Waals surface area contributed by atoms with Crippen LogP contribution >= 0.6 is 11.6 Å². The Morgan fingerprint density at radius 3 is 2.24 bits per heavy atom. The van der Waals surface area contributed by atoms with Gasteiger partial charge in [-0.1, -0.05) is 11.6 Å². The molecule has 0 amide bonds. The fourth-order valence-electron chi connectivity index (χ4n) is 4.07. The van der Waals surface area contributed by atoms with Gasteiger partial charge in [-0.25, -0.2) is 4.79 Å². The molecule has 0 saturated heterocycles. The van der Waals surface area contributed by atoms with Crippen molar-refractivity contribution in [3.63, 3.8) is 0 Å². The fraction of sp³-hybridized carbons (Fsp3) is 0.167. The van der Waals surface area contributed by atoms with Crippen molar-refractivity contribution >= 4 is 34.7 Å². The number of carboxylic acids is 1. The van der Waals surface area contributed by atoms with Crippen molar-refractivity contribution in [3.05, 3.63) is 107 Å². The molecule has 1 saturated carbocycles. The van der Waals surface area contributed by atoms with Gasteiger partial charge in [0, 0.05) is 22.8 Å². The number of carbonyl (C=O) groups is 2. The Morgan fingerprint density at radius 2 is 1.63 bits per heavy atom. The van der Waals surface area contributed by atoms with Gasteiger partial charge < -0.3 is 19.5 Å². The number of carbonyl (C=O) groups excluding carboxylic acids is 1. The van der Waals surface area contributed by atoms with E-state index in [4.69, 9.17) is 21.1 Å². The zero-order valence-electron chi connectivity index (χ0n) is 20.6. The normalized spacial score (nSPS) is 12.6. The summed E-state index contributed by atoms with van der Waals surface area (Å²) in [6.07, 6.45) is 4.06. The molecule has 1 N–H and O–H groups in total. The van der Waals surface area contributed by atoms with Gasteiger partial charge in [0.2, 0.25) is 5.78 Å². The molecule has 5 rings (SSSR count). The first-order valence-corrected chi connectivity index (χ1v) is 12.5. The second-order valence-corrected chi connectivity index (χ2v) is 9.49. The Labute approximate surface area is 225 Å². The number of ketones is 1. The number of ether oxygens (including phenoxy) is 2. The molecule has 0 atom stereocenters. The molecule has 1 fully saturated rings. The van der Waals surface area contributed by atoms with E-state index < -0.39 is 5.97 Å². The van der Waals surface area contributed by atoms with Crippen molar-refractivity contribution in [2.24, 2.45) is 5.92 Å². The van der Waals surface area contributed by atoms with E-state index in [1.165, 1.54) is 31.0 Å². The molecule has 38 heavy (non-hydrogen) atoms. The van der Waals surface area contributed by atoms with Gasteiger partial charge in [-0.05, 0) is 97.6 Å². The predicted octanol–water partition coefficient (Wildman–Crippen LogP) is 7.01. The second kappa shape index (κ2) is 10.9. The summed E-state index contributed by atoms with van der Waals surface area (Å²) in [5, 5.41) is 10.4. The SMILES string of the molecule is COc1ccc(Oc2ccc(C(=O)c3ccc(N(CC4CC4)c4ccc(Cl)cc4)cn3)cc2C(=O)O)cc1. The maximum Gasteiger partial charge on any atom is 0.339 e. The number of aromatic carboxylic acids is 1. The van der Waals surface area contributed by atoms with Gasteiger partial charge >= 0.3 is 5.97 Å². The number of benzene rings is 3. The third kappa shape index (κ3) is 5.79. The Hall–Kier alpha value is -4.36. The van der Waals surface area contributed by atoms with Gasteiger partial charge in [-0.3, -0.25) is 9.78 Å². The molecule has 8 heteroatoms. The standard InChI is InChI=1S/C30H25ClN2O5/c1-37-24-10-12-25(13-11-24)38-28-15-4-20(16-26(28)30(35)36)29(34)27-14-9-23(17-32-27)33(18-19-2-3-19)22-7-5-21(31)6-8-22/h4-17,19H,2-3,18H2,1H3,(H,35,36). The van der Waals surface area contributed by atoms with Crippen molar-refractivity contribution in [3.8, 4) is 17.2 Å². The van der Waals surface area contributed by atoms with Crippen LogP contribution in [0.25, 0.3) is 0 Å². The smallest absolute Gasteiger partial charge is 0.339 e. The maximum absolute atomic E-state index is 13.2. The Kier molecular flexibility index (Phi) is 7.29. The minimum atomic E-state index is -1.20. The number of rotatable bonds is 10. The number of hydrogen-bond donors (Lipinski definition) is 1. The molecule has 0 unspecified atom stereocenters. The molecule has 0 aliphatic heterocycles. The molecule has 0 bridgehead atoms. The average molecular weight is 529 g/mol. The highest BCUT2D eigenvalue weighted by Gasteiger charge is 2.26. The average Bonchev–Trinajstić information content (AvgIpc) is 3.77. The summed E-state index contributed by atoms with van der Waals surface area (Å²) in [4.78, 5) is 31.7. The number of carboxylic acid groups (broad SMARTS) is 1. The van der Waals surface area contributed by atoms with Gasteiger partial charge in [0.05, 0.1) is 19.0 Å². The van der Waals surface area contributed by atoms with Gasteiger partial charge in [0.1, 0.15) is 28.5 Å². The molecule has 1 aliphatic carbocycles. The number of methoxy groups -OCH3 is 1. The minimum absolute atomic E-state index is 0.123. The number of pyridine rings is 1. The summed E-state index contributed by atoms with van der Waals surface area (Å²) in [6.45, 7) is 0.855. The summed E-state index contributed by atoms with van der Waals surface area (Å²) in [5.41, 5.74) is 2.17. The van der Waals surface area contributed by atoms with Crippen LogP contribution < -0.4 is 14.4 Å². The first kappa shape index (κ1) is 25.3. The van der Waals surface area contributed by atoms with Gasteiger partial charge in [-0.2, -0.15) is 0 Å². The van der Waals surface area contributed by atoms with Crippen molar-refractivity contribution in [2.75, 3.05) is 18.6 Å². The zero-order valence-corrected chi connectivity index (χ0v) is 21.4. The lowest BCUT2D eigenvalue weighted by atomic mass is 10.0. The van der Waals surface area contributed by atoms with Crippen LogP contribution in [0.2, 0.25) is 5.02 Å². The van der Waals surface area contributed by atoms with Gasteiger partial charge in [0.15, 0.2) is 0 Å². The topological polar surface area (TPSA) is 89.0 Å². The largest absolute Gasteiger partial charge is 0.497 e. The molecular weight excluding hydrogens is 504 g/mol. The van der Waals surface area contributed by atoms with E-state index in [1.54, 1.807) is 43.6 Å². The predicted molar refractivity (Wildman–Crippen MR) is 145 cm³/mol. The van der Waals surface area contributed by atoms with Crippen LogP contribution in [0.1, 0.15) is 39.3 Å². The number of halogens is 1. The van der Waals surface area contributed by atoms with E-state index in [2.05, 4.69) is 9.88 Å². The summed E-state index contributed by atoms with van der Waals surface area (Å²) in [7, 11) is 1.56. The van der Waals surface area contributed by atoms with E-state index in [0.717, 1.165) is 17.9 Å². The number of nitrogens with zero attached hydrogens (tertiary/aromatic N) is 2. The van der Waals surface area contributed by atoms with Gasteiger partial charge in [0.25, 0.3) is 0 Å². The van der Waals surface area contributed by atoms with Crippen molar-refractivity contribution in [1.29, 1.82) is 0 Å². The zero-order chi connectivity index (χ0) is 26.6.